The van der Waals surface area contributed by atoms with Gasteiger partial charge in [-0.1, -0.05) is 57.2 Å². The molecule has 200 valence electrons. The molecule has 0 spiro atoms. The second kappa shape index (κ2) is 11.2. The molecule has 1 aliphatic heterocycles. The molecule has 1 atom stereocenters. The molecule has 1 amide bonds. The quantitative estimate of drug-likeness (QED) is 0.130. The van der Waals surface area contributed by atoms with Gasteiger partial charge in [0.05, 0.1) is 28.3 Å². The lowest BCUT2D eigenvalue weighted by atomic mass is 9.94. The minimum atomic E-state index is -1.04. The second-order valence-electron chi connectivity index (χ2n) is 8.43. The average molecular weight is 648 g/mol. The molecule has 2 aromatic heterocycles. The van der Waals surface area contributed by atoms with Gasteiger partial charge in [0.2, 0.25) is 10.9 Å². The molecular weight excluding hydrogens is 627 g/mol. The SMILES string of the molecule is COc1ccc(Br)cc1C1C(C(=O)c2sc(C)nc2C)=C(O)C(=O)N1c1nnc(SCc2ccccc2F)s1. The van der Waals surface area contributed by atoms with Crippen molar-refractivity contribution in [3.8, 4) is 5.75 Å². The molecule has 1 unspecified atom stereocenters. The number of aliphatic hydroxyl groups is 1. The number of aliphatic hydroxyl groups excluding tert-OH is 1. The zero-order valence-corrected chi connectivity index (χ0v) is 24.8. The molecule has 0 bridgehead atoms. The van der Waals surface area contributed by atoms with Crippen molar-refractivity contribution in [2.24, 2.45) is 0 Å². The van der Waals surface area contributed by atoms with Gasteiger partial charge in [-0.2, -0.15) is 0 Å². The molecule has 0 radical (unpaired) electrons. The van der Waals surface area contributed by atoms with Crippen LogP contribution >= 0.6 is 50.4 Å². The highest BCUT2D eigenvalue weighted by Gasteiger charge is 2.47. The molecule has 3 heterocycles. The normalized spacial score (nSPS) is 15.4. The number of anilines is 1. The average Bonchev–Trinajstić information content (AvgIpc) is 3.59. The first-order valence-electron chi connectivity index (χ1n) is 11.5. The Bertz CT molecular complexity index is 1640. The number of thiazole rings is 1. The van der Waals surface area contributed by atoms with E-state index in [2.05, 4.69) is 31.1 Å². The minimum absolute atomic E-state index is 0.0982. The molecule has 0 fully saturated rings. The molecule has 39 heavy (non-hydrogen) atoms. The summed E-state index contributed by atoms with van der Waals surface area (Å²) in [4.78, 5) is 33.3. The Morgan fingerprint density at radius 2 is 1.97 bits per heavy atom. The van der Waals surface area contributed by atoms with Crippen LogP contribution in [0, 0.1) is 19.7 Å². The Hall–Kier alpha value is -3.13. The van der Waals surface area contributed by atoms with Gasteiger partial charge >= 0.3 is 0 Å². The Balaban J connectivity index is 1.57. The van der Waals surface area contributed by atoms with Crippen LogP contribution in [0.3, 0.4) is 0 Å². The number of ether oxygens (including phenoxy) is 1. The largest absolute Gasteiger partial charge is 0.503 e. The predicted molar refractivity (Wildman–Crippen MR) is 152 cm³/mol. The van der Waals surface area contributed by atoms with E-state index in [1.807, 2.05) is 0 Å². The van der Waals surface area contributed by atoms with E-state index in [0.717, 1.165) is 11.3 Å². The summed E-state index contributed by atoms with van der Waals surface area (Å²) in [6.45, 7) is 3.49. The second-order valence-corrected chi connectivity index (χ2v) is 12.7. The third-order valence-electron chi connectivity index (χ3n) is 5.96. The molecule has 4 aromatic rings. The summed E-state index contributed by atoms with van der Waals surface area (Å²) in [7, 11) is 1.48. The van der Waals surface area contributed by atoms with Gasteiger partial charge in [0.1, 0.15) is 17.6 Å². The first-order chi connectivity index (χ1) is 18.7. The number of halogens is 2. The fourth-order valence-electron chi connectivity index (χ4n) is 4.23. The van der Waals surface area contributed by atoms with E-state index in [0.29, 0.717) is 47.0 Å². The van der Waals surface area contributed by atoms with Crippen LogP contribution in [-0.4, -0.2) is 39.1 Å². The van der Waals surface area contributed by atoms with Crippen molar-refractivity contribution in [2.45, 2.75) is 30.0 Å². The first-order valence-corrected chi connectivity index (χ1v) is 14.9. The number of thioether (sulfide) groups is 1. The zero-order valence-electron chi connectivity index (χ0n) is 20.8. The van der Waals surface area contributed by atoms with Gasteiger partial charge in [0, 0.05) is 15.8 Å². The van der Waals surface area contributed by atoms with Gasteiger partial charge in [-0.3, -0.25) is 14.5 Å². The number of aromatic nitrogens is 3. The van der Waals surface area contributed by atoms with E-state index >= 15 is 0 Å². The maximum absolute atomic E-state index is 14.1. The lowest BCUT2D eigenvalue weighted by molar-refractivity contribution is -0.117. The van der Waals surface area contributed by atoms with Crippen molar-refractivity contribution < 1.29 is 23.8 Å². The highest BCUT2D eigenvalue weighted by atomic mass is 79.9. The van der Waals surface area contributed by atoms with E-state index in [4.69, 9.17) is 4.74 Å². The van der Waals surface area contributed by atoms with Crippen LogP contribution in [0.4, 0.5) is 9.52 Å². The first kappa shape index (κ1) is 27.4. The number of aryl methyl sites for hydroxylation is 2. The third kappa shape index (κ3) is 5.23. The van der Waals surface area contributed by atoms with Crippen molar-refractivity contribution in [2.75, 3.05) is 12.0 Å². The predicted octanol–water partition coefficient (Wildman–Crippen LogP) is 6.60. The summed E-state index contributed by atoms with van der Waals surface area (Å²) in [6, 6.07) is 10.6. The lowest BCUT2D eigenvalue weighted by Crippen LogP contribution is -2.31. The molecule has 0 saturated carbocycles. The minimum Gasteiger partial charge on any atom is -0.503 e. The molecule has 0 saturated heterocycles. The Morgan fingerprint density at radius 3 is 2.67 bits per heavy atom. The van der Waals surface area contributed by atoms with Crippen molar-refractivity contribution in [3.05, 3.63) is 90.8 Å². The summed E-state index contributed by atoms with van der Waals surface area (Å²) in [5.74, 6) is -1.56. The van der Waals surface area contributed by atoms with Gasteiger partial charge in [-0.25, -0.2) is 9.37 Å². The van der Waals surface area contributed by atoms with Gasteiger partial charge in [0.25, 0.3) is 5.91 Å². The number of hydrogen-bond acceptors (Lipinski definition) is 10. The number of carbonyl (C=O) groups is 2. The number of carbonyl (C=O) groups excluding carboxylic acids is 2. The molecular formula is C26H20BrFN4O4S3. The molecule has 2 aromatic carbocycles. The standard InChI is InChI=1S/C26H20BrFN4O4S3/c1-12-23(38-13(2)29-12)21(33)19-20(16-10-15(27)8-9-18(16)36-3)32(24(35)22(19)34)25-30-31-26(39-25)37-11-14-6-4-5-7-17(14)28/h4-10,20,34H,11H2,1-3H3. The van der Waals surface area contributed by atoms with Crippen molar-refractivity contribution >= 4 is 67.2 Å². The lowest BCUT2D eigenvalue weighted by Gasteiger charge is -2.25. The zero-order chi connectivity index (χ0) is 27.8. The van der Waals surface area contributed by atoms with E-state index in [-0.39, 0.29) is 16.5 Å². The van der Waals surface area contributed by atoms with Gasteiger partial charge in [-0.05, 0) is 43.7 Å². The van der Waals surface area contributed by atoms with E-state index in [9.17, 15) is 19.1 Å². The van der Waals surface area contributed by atoms with Crippen LogP contribution in [0.2, 0.25) is 0 Å². The topological polar surface area (TPSA) is 106 Å². The van der Waals surface area contributed by atoms with E-state index in [1.165, 1.54) is 41.2 Å². The number of hydrogen-bond donors (Lipinski definition) is 1. The summed E-state index contributed by atoms with van der Waals surface area (Å²) in [5, 5.41) is 20.3. The van der Waals surface area contributed by atoms with Crippen molar-refractivity contribution in [1.29, 1.82) is 0 Å². The van der Waals surface area contributed by atoms with Gasteiger partial charge in [0.15, 0.2) is 10.1 Å². The van der Waals surface area contributed by atoms with Gasteiger partial charge in [-0.15, -0.1) is 21.5 Å². The number of methoxy groups -OCH3 is 1. The highest BCUT2D eigenvalue weighted by molar-refractivity contribution is 9.10. The number of amides is 1. The summed E-state index contributed by atoms with van der Waals surface area (Å²) in [6.07, 6.45) is 0. The highest BCUT2D eigenvalue weighted by Crippen LogP contribution is 2.47. The number of rotatable bonds is 8. The number of Topliss-reactive ketones (excluding diaryl/α,β-unsaturated/α-hetero) is 1. The van der Waals surface area contributed by atoms with Crippen LogP contribution in [0.1, 0.15) is 37.5 Å². The van der Waals surface area contributed by atoms with Crippen LogP contribution in [-0.2, 0) is 10.5 Å². The summed E-state index contributed by atoms with van der Waals surface area (Å²) in [5.41, 5.74) is 1.40. The van der Waals surface area contributed by atoms with Gasteiger partial charge < -0.3 is 9.84 Å². The molecule has 5 rings (SSSR count). The fourth-order valence-corrected chi connectivity index (χ4v) is 7.33. The van der Waals surface area contributed by atoms with Crippen LogP contribution in [0.15, 0.2) is 62.6 Å². The summed E-state index contributed by atoms with van der Waals surface area (Å²) >= 11 is 7.03. The molecule has 8 nitrogen and oxygen atoms in total. The summed E-state index contributed by atoms with van der Waals surface area (Å²) < 4.78 is 20.8. The number of ketones is 1. The van der Waals surface area contributed by atoms with E-state index in [1.54, 1.807) is 50.2 Å². The third-order valence-corrected chi connectivity index (χ3v) is 9.63. The maximum atomic E-state index is 14.1. The maximum Gasteiger partial charge on any atom is 0.296 e. The van der Waals surface area contributed by atoms with Crippen LogP contribution in [0.5, 0.6) is 5.75 Å². The molecule has 0 aliphatic carbocycles. The molecule has 1 N–H and O–H groups in total. The van der Waals surface area contributed by atoms with E-state index < -0.39 is 23.5 Å². The molecule has 1 aliphatic rings. The molecule has 13 heteroatoms. The monoisotopic (exact) mass is 646 g/mol. The smallest absolute Gasteiger partial charge is 0.296 e. The number of nitrogens with zero attached hydrogens (tertiary/aromatic N) is 4. The van der Waals surface area contributed by atoms with Crippen molar-refractivity contribution in [3.63, 3.8) is 0 Å². The van der Waals surface area contributed by atoms with Crippen LogP contribution in [0.25, 0.3) is 0 Å². The number of benzene rings is 2. The fraction of sp³-hybridized carbons (Fsp3) is 0.192. The Kier molecular flexibility index (Phi) is 7.85. The Labute approximate surface area is 243 Å². The van der Waals surface area contributed by atoms with Crippen molar-refractivity contribution in [1.82, 2.24) is 15.2 Å². The Morgan fingerprint density at radius 1 is 1.21 bits per heavy atom. The van der Waals surface area contributed by atoms with Crippen LogP contribution < -0.4 is 9.64 Å².